The maximum atomic E-state index is 11.4. The molecular formula is C9H20N2OS2. The quantitative estimate of drug-likeness (QED) is 0.541. The van der Waals surface area contributed by atoms with E-state index in [1.807, 2.05) is 0 Å². The maximum Gasteiger partial charge on any atom is 0.234 e. The van der Waals surface area contributed by atoms with Crippen LogP contribution in [-0.4, -0.2) is 48.5 Å². The summed E-state index contributed by atoms with van der Waals surface area (Å²) >= 11 is 8.19. The molecular weight excluding hydrogens is 216 g/mol. The molecule has 0 aliphatic rings. The van der Waals surface area contributed by atoms with Crippen LogP contribution in [0.3, 0.4) is 0 Å². The zero-order valence-electron chi connectivity index (χ0n) is 8.70. The van der Waals surface area contributed by atoms with Crippen molar-refractivity contribution in [2.24, 2.45) is 0 Å². The molecule has 1 N–H and O–H groups in total. The highest BCUT2D eigenvalue weighted by Crippen LogP contribution is 1.92. The summed E-state index contributed by atoms with van der Waals surface area (Å²) in [6.07, 6.45) is 1.06. The highest BCUT2D eigenvalue weighted by Gasteiger charge is 2.07. The molecule has 0 atom stereocenters. The van der Waals surface area contributed by atoms with E-state index in [0.29, 0.717) is 18.8 Å². The van der Waals surface area contributed by atoms with E-state index in [2.05, 4.69) is 42.4 Å². The highest BCUT2D eigenvalue weighted by atomic mass is 32.1. The van der Waals surface area contributed by atoms with E-state index in [1.54, 1.807) is 0 Å². The minimum Gasteiger partial charge on any atom is -0.354 e. The van der Waals surface area contributed by atoms with Crippen molar-refractivity contribution in [2.45, 2.75) is 13.3 Å². The summed E-state index contributed by atoms with van der Waals surface area (Å²) in [5.74, 6) is 1.56. The van der Waals surface area contributed by atoms with Crippen molar-refractivity contribution in [1.29, 1.82) is 0 Å². The average molecular weight is 236 g/mol. The van der Waals surface area contributed by atoms with E-state index >= 15 is 0 Å². The van der Waals surface area contributed by atoms with Gasteiger partial charge in [-0.25, -0.2) is 0 Å². The van der Waals surface area contributed by atoms with Crippen LogP contribution in [0.15, 0.2) is 0 Å². The molecule has 0 radical (unpaired) electrons. The second-order valence-electron chi connectivity index (χ2n) is 3.07. The second kappa shape index (κ2) is 9.68. The molecule has 0 aromatic rings. The van der Waals surface area contributed by atoms with Gasteiger partial charge in [-0.3, -0.25) is 9.69 Å². The monoisotopic (exact) mass is 236 g/mol. The maximum absolute atomic E-state index is 11.4. The van der Waals surface area contributed by atoms with Gasteiger partial charge >= 0.3 is 0 Å². The summed E-state index contributed by atoms with van der Waals surface area (Å²) in [6.45, 7) is 5.04. The first kappa shape index (κ1) is 14.1. The minimum atomic E-state index is 0.0780. The van der Waals surface area contributed by atoms with Gasteiger partial charge in [-0.1, -0.05) is 6.92 Å². The number of hydrogen-bond acceptors (Lipinski definition) is 4. The molecule has 0 aromatic heterocycles. The van der Waals surface area contributed by atoms with Gasteiger partial charge in [-0.15, -0.1) is 0 Å². The molecule has 0 aromatic carbocycles. The summed E-state index contributed by atoms with van der Waals surface area (Å²) in [5, 5.41) is 2.80. The van der Waals surface area contributed by atoms with E-state index < -0.39 is 0 Å². The first-order valence-corrected chi connectivity index (χ1v) is 6.21. The van der Waals surface area contributed by atoms with Gasteiger partial charge < -0.3 is 5.32 Å². The zero-order chi connectivity index (χ0) is 10.8. The number of rotatable bonds is 8. The van der Waals surface area contributed by atoms with Crippen LogP contribution < -0.4 is 5.32 Å². The normalized spacial score (nSPS) is 10.6. The van der Waals surface area contributed by atoms with Crippen LogP contribution in [0.4, 0.5) is 0 Å². The van der Waals surface area contributed by atoms with Gasteiger partial charge in [0, 0.05) is 24.6 Å². The van der Waals surface area contributed by atoms with Crippen molar-refractivity contribution in [1.82, 2.24) is 10.2 Å². The summed E-state index contributed by atoms with van der Waals surface area (Å²) in [6, 6.07) is 0. The third-order valence-electron chi connectivity index (χ3n) is 1.76. The van der Waals surface area contributed by atoms with E-state index in [9.17, 15) is 4.79 Å². The molecule has 0 aliphatic carbocycles. The van der Waals surface area contributed by atoms with Crippen molar-refractivity contribution in [3.63, 3.8) is 0 Å². The van der Waals surface area contributed by atoms with Crippen LogP contribution in [-0.2, 0) is 4.79 Å². The Kier molecular flexibility index (Phi) is 9.77. The summed E-state index contributed by atoms with van der Waals surface area (Å²) < 4.78 is 0. The lowest BCUT2D eigenvalue weighted by atomic mass is 10.4. The average Bonchev–Trinajstić information content (AvgIpc) is 2.15. The molecule has 14 heavy (non-hydrogen) atoms. The van der Waals surface area contributed by atoms with Crippen molar-refractivity contribution >= 4 is 31.2 Å². The van der Waals surface area contributed by atoms with Crippen molar-refractivity contribution in [2.75, 3.05) is 37.7 Å². The summed E-state index contributed by atoms with van der Waals surface area (Å²) in [5.41, 5.74) is 0. The number of nitrogens with one attached hydrogen (secondary N) is 1. The fourth-order valence-corrected chi connectivity index (χ4v) is 1.58. The molecule has 0 fully saturated rings. The lowest BCUT2D eigenvalue weighted by Crippen LogP contribution is -2.39. The van der Waals surface area contributed by atoms with Crippen molar-refractivity contribution < 1.29 is 4.79 Å². The molecule has 0 spiro atoms. The Balaban J connectivity index is 3.71. The molecule has 0 rings (SSSR count). The Morgan fingerprint density at radius 2 is 2.00 bits per heavy atom. The van der Waals surface area contributed by atoms with Gasteiger partial charge in [-0.05, 0) is 13.0 Å². The number of carbonyl (C=O) groups is 1. The predicted octanol–water partition coefficient (Wildman–Crippen LogP) is 0.674. The number of amides is 1. The second-order valence-corrected chi connectivity index (χ2v) is 3.97. The smallest absolute Gasteiger partial charge is 0.234 e. The minimum absolute atomic E-state index is 0.0780. The van der Waals surface area contributed by atoms with Crippen LogP contribution >= 0.6 is 25.3 Å². The predicted molar refractivity (Wildman–Crippen MR) is 67.4 cm³/mol. The van der Waals surface area contributed by atoms with Gasteiger partial charge in [0.25, 0.3) is 0 Å². The lowest BCUT2D eigenvalue weighted by Gasteiger charge is -2.19. The first-order chi connectivity index (χ1) is 6.74. The molecule has 1 amide bonds. The lowest BCUT2D eigenvalue weighted by molar-refractivity contribution is -0.122. The number of nitrogens with zero attached hydrogens (tertiary/aromatic N) is 1. The van der Waals surface area contributed by atoms with E-state index in [4.69, 9.17) is 0 Å². The zero-order valence-corrected chi connectivity index (χ0v) is 10.5. The van der Waals surface area contributed by atoms with E-state index in [1.165, 1.54) is 0 Å². The Labute approximate surface area is 97.4 Å². The number of thiol groups is 2. The third-order valence-corrected chi connectivity index (χ3v) is 2.18. The molecule has 5 heteroatoms. The molecule has 0 aliphatic heterocycles. The number of carbonyl (C=O) groups excluding carboxylic acids is 1. The van der Waals surface area contributed by atoms with Crippen LogP contribution in [0.2, 0.25) is 0 Å². The van der Waals surface area contributed by atoms with Crippen LogP contribution in [0, 0.1) is 0 Å². The summed E-state index contributed by atoms with van der Waals surface area (Å²) in [4.78, 5) is 13.5. The first-order valence-electron chi connectivity index (χ1n) is 4.95. The van der Waals surface area contributed by atoms with Gasteiger partial charge in [0.15, 0.2) is 0 Å². The van der Waals surface area contributed by atoms with Crippen LogP contribution in [0.5, 0.6) is 0 Å². The Bertz CT molecular complexity index is 150. The van der Waals surface area contributed by atoms with Gasteiger partial charge in [-0.2, -0.15) is 25.3 Å². The van der Waals surface area contributed by atoms with Gasteiger partial charge in [0.1, 0.15) is 0 Å². The Hall–Kier alpha value is 0.130. The Morgan fingerprint density at radius 1 is 1.29 bits per heavy atom. The molecule has 3 nitrogen and oxygen atoms in total. The Morgan fingerprint density at radius 3 is 2.50 bits per heavy atom. The summed E-state index contributed by atoms with van der Waals surface area (Å²) in [7, 11) is 0. The molecule has 84 valence electrons. The van der Waals surface area contributed by atoms with E-state index in [-0.39, 0.29) is 5.91 Å². The fraction of sp³-hybridized carbons (Fsp3) is 0.889. The van der Waals surface area contributed by atoms with Crippen LogP contribution in [0.25, 0.3) is 0 Å². The van der Waals surface area contributed by atoms with Gasteiger partial charge in [0.05, 0.1) is 6.54 Å². The molecule has 0 heterocycles. The SMILES string of the molecule is CCCN(CCS)CC(=O)NCCS. The van der Waals surface area contributed by atoms with E-state index in [0.717, 1.165) is 25.3 Å². The number of hydrogen-bond donors (Lipinski definition) is 3. The van der Waals surface area contributed by atoms with Crippen molar-refractivity contribution in [3.05, 3.63) is 0 Å². The molecule has 0 bridgehead atoms. The highest BCUT2D eigenvalue weighted by molar-refractivity contribution is 7.80. The van der Waals surface area contributed by atoms with Gasteiger partial charge in [0.2, 0.25) is 5.91 Å². The fourth-order valence-electron chi connectivity index (χ4n) is 1.18. The third kappa shape index (κ3) is 7.53. The molecule has 0 unspecified atom stereocenters. The van der Waals surface area contributed by atoms with Crippen molar-refractivity contribution in [3.8, 4) is 0 Å². The molecule has 0 saturated carbocycles. The largest absolute Gasteiger partial charge is 0.354 e. The van der Waals surface area contributed by atoms with Crippen LogP contribution in [0.1, 0.15) is 13.3 Å². The molecule has 0 saturated heterocycles. The topological polar surface area (TPSA) is 32.3 Å². The standard InChI is InChI=1S/C9H20N2OS2/c1-2-4-11(5-7-14)8-9(12)10-3-6-13/h13-14H,2-8H2,1H3,(H,10,12).